The Labute approximate surface area is 127 Å². The van der Waals surface area contributed by atoms with Crippen molar-refractivity contribution in [3.05, 3.63) is 60.0 Å². The Morgan fingerprint density at radius 1 is 1.27 bits per heavy atom. The van der Waals surface area contributed by atoms with Gasteiger partial charge in [-0.2, -0.15) is 0 Å². The first-order valence-electron chi connectivity index (χ1n) is 6.99. The Kier molecular flexibility index (Phi) is 4.05. The molecular weight excluding hydrogens is 280 g/mol. The maximum Gasteiger partial charge on any atom is 0.258 e. The van der Waals surface area contributed by atoms with Gasteiger partial charge in [-0.1, -0.05) is 18.2 Å². The highest BCUT2D eigenvalue weighted by Crippen LogP contribution is 2.14. The van der Waals surface area contributed by atoms with Crippen LogP contribution in [-0.2, 0) is 11.3 Å². The van der Waals surface area contributed by atoms with Crippen LogP contribution in [0.15, 0.2) is 53.3 Å². The molecular formula is C17H16N2O3. The van der Waals surface area contributed by atoms with Crippen molar-refractivity contribution in [2.75, 3.05) is 6.61 Å². The molecule has 1 amide bonds. The van der Waals surface area contributed by atoms with Crippen molar-refractivity contribution in [3.8, 4) is 5.75 Å². The number of ether oxygens (including phenoxy) is 1. The lowest BCUT2D eigenvalue weighted by atomic mass is 10.2. The van der Waals surface area contributed by atoms with Gasteiger partial charge in [0.25, 0.3) is 5.91 Å². The fourth-order valence-corrected chi connectivity index (χ4v) is 2.12. The smallest absolute Gasteiger partial charge is 0.258 e. The summed E-state index contributed by atoms with van der Waals surface area (Å²) in [7, 11) is 0. The van der Waals surface area contributed by atoms with Crippen molar-refractivity contribution >= 4 is 17.0 Å². The van der Waals surface area contributed by atoms with Crippen LogP contribution in [0.2, 0.25) is 0 Å². The Bertz CT molecular complexity index is 795. The van der Waals surface area contributed by atoms with Crippen molar-refractivity contribution < 1.29 is 13.9 Å². The molecule has 0 saturated carbocycles. The van der Waals surface area contributed by atoms with Crippen LogP contribution in [0, 0.1) is 6.92 Å². The van der Waals surface area contributed by atoms with Crippen LogP contribution in [-0.4, -0.2) is 17.5 Å². The number of benzene rings is 2. The molecule has 5 nitrogen and oxygen atoms in total. The van der Waals surface area contributed by atoms with Gasteiger partial charge < -0.3 is 14.5 Å². The molecule has 0 aliphatic heterocycles. The number of aromatic nitrogens is 1. The summed E-state index contributed by atoms with van der Waals surface area (Å²) < 4.78 is 10.7. The molecule has 0 bridgehead atoms. The van der Waals surface area contributed by atoms with E-state index in [0.717, 1.165) is 16.6 Å². The van der Waals surface area contributed by atoms with E-state index in [4.69, 9.17) is 9.15 Å². The maximum atomic E-state index is 11.8. The summed E-state index contributed by atoms with van der Waals surface area (Å²) in [6, 6.07) is 13.2. The minimum Gasteiger partial charge on any atom is -0.484 e. The Balaban J connectivity index is 1.51. The van der Waals surface area contributed by atoms with Crippen molar-refractivity contribution in [2.24, 2.45) is 0 Å². The highest BCUT2D eigenvalue weighted by molar-refractivity contribution is 5.78. The van der Waals surface area contributed by atoms with Gasteiger partial charge in [-0.05, 0) is 42.3 Å². The van der Waals surface area contributed by atoms with Crippen LogP contribution in [0.4, 0.5) is 0 Å². The average Bonchev–Trinajstić information content (AvgIpc) is 2.98. The first-order valence-corrected chi connectivity index (χ1v) is 6.99. The second-order valence-corrected chi connectivity index (χ2v) is 5.04. The van der Waals surface area contributed by atoms with E-state index in [9.17, 15) is 4.79 Å². The third kappa shape index (κ3) is 3.44. The molecule has 0 radical (unpaired) electrons. The number of aryl methyl sites for hydroxylation is 1. The summed E-state index contributed by atoms with van der Waals surface area (Å²) in [6.45, 7) is 2.40. The minimum absolute atomic E-state index is 0.00595. The first-order chi connectivity index (χ1) is 10.7. The lowest BCUT2D eigenvalue weighted by Gasteiger charge is -2.08. The van der Waals surface area contributed by atoms with Crippen LogP contribution < -0.4 is 10.1 Å². The van der Waals surface area contributed by atoms with E-state index in [2.05, 4.69) is 10.3 Å². The van der Waals surface area contributed by atoms with Gasteiger partial charge >= 0.3 is 0 Å². The van der Waals surface area contributed by atoms with Crippen LogP contribution in [0.25, 0.3) is 11.1 Å². The summed E-state index contributed by atoms with van der Waals surface area (Å²) in [5, 5.41) is 2.81. The molecule has 0 fully saturated rings. The third-order valence-corrected chi connectivity index (χ3v) is 3.24. The number of amides is 1. The van der Waals surface area contributed by atoms with Gasteiger partial charge in [-0.25, -0.2) is 4.98 Å². The second-order valence-electron chi connectivity index (χ2n) is 5.04. The molecule has 0 aliphatic carbocycles. The van der Waals surface area contributed by atoms with E-state index < -0.39 is 0 Å². The zero-order valence-corrected chi connectivity index (χ0v) is 12.2. The zero-order chi connectivity index (χ0) is 15.4. The quantitative estimate of drug-likeness (QED) is 0.786. The van der Waals surface area contributed by atoms with Gasteiger partial charge in [0.15, 0.2) is 18.6 Å². The molecule has 3 rings (SSSR count). The van der Waals surface area contributed by atoms with Gasteiger partial charge in [0, 0.05) is 6.54 Å². The molecule has 0 unspecified atom stereocenters. The molecule has 0 atom stereocenters. The monoisotopic (exact) mass is 296 g/mol. The van der Waals surface area contributed by atoms with Crippen LogP contribution >= 0.6 is 0 Å². The molecule has 2 aromatic carbocycles. The van der Waals surface area contributed by atoms with Gasteiger partial charge in [0.05, 0.1) is 0 Å². The topological polar surface area (TPSA) is 64.4 Å². The number of rotatable bonds is 5. The summed E-state index contributed by atoms with van der Waals surface area (Å²) in [6.07, 6.45) is 1.41. The molecule has 3 aromatic rings. The van der Waals surface area contributed by atoms with E-state index in [1.165, 1.54) is 6.39 Å². The standard InChI is InChI=1S/C17H16N2O3/c1-12-3-2-4-14(7-12)21-10-17(20)18-9-13-5-6-15-16(8-13)22-11-19-15/h2-8,11H,9-10H2,1H3,(H,18,20). The molecule has 22 heavy (non-hydrogen) atoms. The summed E-state index contributed by atoms with van der Waals surface area (Å²) in [4.78, 5) is 15.9. The van der Waals surface area contributed by atoms with E-state index in [-0.39, 0.29) is 12.5 Å². The van der Waals surface area contributed by atoms with Crippen molar-refractivity contribution in [2.45, 2.75) is 13.5 Å². The molecule has 0 saturated heterocycles. The maximum absolute atomic E-state index is 11.8. The average molecular weight is 296 g/mol. The second kappa shape index (κ2) is 6.30. The Morgan fingerprint density at radius 2 is 2.18 bits per heavy atom. The normalized spacial score (nSPS) is 10.6. The summed E-state index contributed by atoms with van der Waals surface area (Å²) in [5.74, 6) is 0.525. The summed E-state index contributed by atoms with van der Waals surface area (Å²) in [5.41, 5.74) is 3.56. The number of fused-ring (bicyclic) bond motifs is 1. The van der Waals surface area contributed by atoms with E-state index in [1.54, 1.807) is 0 Å². The number of hydrogen-bond acceptors (Lipinski definition) is 4. The predicted octanol–water partition coefficient (Wildman–Crippen LogP) is 2.83. The SMILES string of the molecule is Cc1cccc(OCC(=O)NCc2ccc3ncoc3c2)c1. The highest BCUT2D eigenvalue weighted by atomic mass is 16.5. The van der Waals surface area contributed by atoms with E-state index >= 15 is 0 Å². The fraction of sp³-hybridized carbons (Fsp3) is 0.176. The number of carbonyl (C=O) groups is 1. The van der Waals surface area contributed by atoms with Gasteiger partial charge in [-0.15, -0.1) is 0 Å². The molecule has 5 heteroatoms. The van der Waals surface area contributed by atoms with E-state index in [1.807, 2.05) is 49.4 Å². The third-order valence-electron chi connectivity index (χ3n) is 3.24. The highest BCUT2D eigenvalue weighted by Gasteiger charge is 2.05. The number of nitrogens with zero attached hydrogens (tertiary/aromatic N) is 1. The molecule has 0 spiro atoms. The molecule has 1 N–H and O–H groups in total. The lowest BCUT2D eigenvalue weighted by Crippen LogP contribution is -2.28. The number of oxazole rings is 1. The first kappa shape index (κ1) is 14.1. The fourth-order valence-electron chi connectivity index (χ4n) is 2.12. The van der Waals surface area contributed by atoms with E-state index in [0.29, 0.717) is 17.9 Å². The van der Waals surface area contributed by atoms with Crippen molar-refractivity contribution in [1.29, 1.82) is 0 Å². The van der Waals surface area contributed by atoms with Crippen LogP contribution in [0.1, 0.15) is 11.1 Å². The summed E-state index contributed by atoms with van der Waals surface area (Å²) >= 11 is 0. The number of carbonyl (C=O) groups excluding carboxylic acids is 1. The van der Waals surface area contributed by atoms with Gasteiger partial charge in [-0.3, -0.25) is 4.79 Å². The number of hydrogen-bond donors (Lipinski definition) is 1. The lowest BCUT2D eigenvalue weighted by molar-refractivity contribution is -0.123. The van der Waals surface area contributed by atoms with Crippen LogP contribution in [0.5, 0.6) is 5.75 Å². The van der Waals surface area contributed by atoms with Crippen molar-refractivity contribution in [3.63, 3.8) is 0 Å². The molecule has 112 valence electrons. The minimum atomic E-state index is -0.167. The Morgan fingerprint density at radius 3 is 3.05 bits per heavy atom. The number of nitrogens with one attached hydrogen (secondary N) is 1. The van der Waals surface area contributed by atoms with Gasteiger partial charge in [0.2, 0.25) is 0 Å². The Hall–Kier alpha value is -2.82. The largest absolute Gasteiger partial charge is 0.484 e. The van der Waals surface area contributed by atoms with Crippen LogP contribution in [0.3, 0.4) is 0 Å². The van der Waals surface area contributed by atoms with Crippen molar-refractivity contribution in [1.82, 2.24) is 10.3 Å². The zero-order valence-electron chi connectivity index (χ0n) is 12.2. The predicted molar refractivity (Wildman–Crippen MR) is 82.5 cm³/mol. The molecule has 0 aliphatic rings. The molecule has 1 aromatic heterocycles. The van der Waals surface area contributed by atoms with Gasteiger partial charge in [0.1, 0.15) is 11.3 Å². The molecule has 1 heterocycles.